The van der Waals surface area contributed by atoms with E-state index in [-0.39, 0.29) is 24.3 Å². The topological polar surface area (TPSA) is 109 Å². The van der Waals surface area contributed by atoms with Crippen molar-refractivity contribution in [1.82, 2.24) is 5.32 Å². The highest BCUT2D eigenvalue weighted by atomic mass is 16.5. The molecule has 2 aromatic carbocycles. The third-order valence-corrected chi connectivity index (χ3v) is 4.30. The van der Waals surface area contributed by atoms with Gasteiger partial charge in [-0.2, -0.15) is 0 Å². The summed E-state index contributed by atoms with van der Waals surface area (Å²) in [6.45, 7) is 3.09. The zero-order chi connectivity index (χ0) is 22.5. The predicted octanol–water partition coefficient (Wildman–Crippen LogP) is 3.24. The van der Waals surface area contributed by atoms with Crippen molar-refractivity contribution >= 4 is 34.8 Å². The third kappa shape index (κ3) is 8.88. The number of carbonyl (C=O) groups is 3. The Morgan fingerprint density at radius 2 is 1.58 bits per heavy atom. The van der Waals surface area contributed by atoms with Crippen molar-refractivity contribution < 1.29 is 19.1 Å². The van der Waals surface area contributed by atoms with E-state index in [1.54, 1.807) is 49.6 Å². The quantitative estimate of drug-likeness (QED) is 0.390. The summed E-state index contributed by atoms with van der Waals surface area (Å²) >= 11 is 0. The molecule has 0 aliphatic carbocycles. The lowest BCUT2D eigenvalue weighted by Gasteiger charge is -2.11. The summed E-state index contributed by atoms with van der Waals surface area (Å²) < 4.78 is 4.96. The summed E-state index contributed by atoms with van der Waals surface area (Å²) in [5.74, 6) is -0.495. The molecule has 2 rings (SSSR count). The summed E-state index contributed by atoms with van der Waals surface area (Å²) in [7, 11) is 1.62. The fraction of sp³-hybridized carbons (Fsp3) is 0.348. The maximum atomic E-state index is 12.3. The van der Waals surface area contributed by atoms with Crippen LogP contribution >= 0.6 is 0 Å². The average molecular weight is 427 g/mol. The first-order chi connectivity index (χ1) is 15.0. The number of ether oxygens (including phenoxy) is 1. The molecule has 0 bridgehead atoms. The number of amides is 3. The van der Waals surface area contributed by atoms with Gasteiger partial charge in [0.25, 0.3) is 5.91 Å². The van der Waals surface area contributed by atoms with Crippen LogP contribution in [0.3, 0.4) is 0 Å². The first-order valence-electron chi connectivity index (χ1n) is 10.3. The molecule has 0 unspecified atom stereocenters. The molecule has 31 heavy (non-hydrogen) atoms. The van der Waals surface area contributed by atoms with E-state index in [1.165, 1.54) is 0 Å². The number of anilines is 3. The summed E-state index contributed by atoms with van der Waals surface area (Å²) in [5.41, 5.74) is 2.40. The minimum Gasteiger partial charge on any atom is -0.385 e. The maximum absolute atomic E-state index is 12.3. The minimum absolute atomic E-state index is 0.0415. The van der Waals surface area contributed by atoms with Crippen LogP contribution in [0.1, 0.15) is 36.5 Å². The SMILES string of the molecule is CCCC(=O)Nc1cccc(NCC(=O)Nc2cccc(C(=O)NCCCOC)c2)c1. The first kappa shape index (κ1) is 23.9. The van der Waals surface area contributed by atoms with E-state index in [2.05, 4.69) is 21.3 Å². The Labute approximate surface area is 182 Å². The van der Waals surface area contributed by atoms with Gasteiger partial charge in [0.1, 0.15) is 0 Å². The van der Waals surface area contributed by atoms with E-state index in [1.807, 2.05) is 13.0 Å². The Kier molecular flexibility index (Phi) is 10.0. The molecule has 0 fully saturated rings. The summed E-state index contributed by atoms with van der Waals surface area (Å²) in [4.78, 5) is 36.2. The number of methoxy groups -OCH3 is 1. The number of benzene rings is 2. The molecule has 0 radical (unpaired) electrons. The molecular formula is C23H30N4O4. The summed E-state index contributed by atoms with van der Waals surface area (Å²) in [5, 5.41) is 11.4. The van der Waals surface area contributed by atoms with Crippen LogP contribution in [0, 0.1) is 0 Å². The van der Waals surface area contributed by atoms with Gasteiger partial charge >= 0.3 is 0 Å². The van der Waals surface area contributed by atoms with Gasteiger partial charge in [-0.3, -0.25) is 14.4 Å². The minimum atomic E-state index is -0.252. The molecule has 0 aliphatic heterocycles. The van der Waals surface area contributed by atoms with Crippen LogP contribution in [0.15, 0.2) is 48.5 Å². The van der Waals surface area contributed by atoms with Gasteiger partial charge in [-0.1, -0.05) is 19.1 Å². The van der Waals surface area contributed by atoms with Crippen molar-refractivity contribution in [2.45, 2.75) is 26.2 Å². The van der Waals surface area contributed by atoms with E-state index in [4.69, 9.17) is 4.74 Å². The van der Waals surface area contributed by atoms with Crippen molar-refractivity contribution in [2.24, 2.45) is 0 Å². The summed E-state index contributed by atoms with van der Waals surface area (Å²) in [6.07, 6.45) is 1.97. The average Bonchev–Trinajstić information content (AvgIpc) is 2.76. The lowest BCUT2D eigenvalue weighted by molar-refractivity contribution is -0.116. The molecular weight excluding hydrogens is 396 g/mol. The first-order valence-corrected chi connectivity index (χ1v) is 10.3. The Morgan fingerprint density at radius 1 is 0.903 bits per heavy atom. The van der Waals surface area contributed by atoms with Crippen molar-refractivity contribution in [3.05, 3.63) is 54.1 Å². The van der Waals surface area contributed by atoms with Gasteiger partial charge in [-0.25, -0.2) is 0 Å². The fourth-order valence-electron chi connectivity index (χ4n) is 2.80. The Morgan fingerprint density at radius 3 is 2.32 bits per heavy atom. The number of nitrogens with one attached hydrogen (secondary N) is 4. The number of carbonyl (C=O) groups excluding carboxylic acids is 3. The smallest absolute Gasteiger partial charge is 0.251 e. The van der Waals surface area contributed by atoms with E-state index in [0.29, 0.717) is 42.2 Å². The molecule has 8 nitrogen and oxygen atoms in total. The molecule has 8 heteroatoms. The van der Waals surface area contributed by atoms with E-state index in [9.17, 15) is 14.4 Å². The van der Waals surface area contributed by atoms with Crippen LogP contribution < -0.4 is 21.3 Å². The van der Waals surface area contributed by atoms with Crippen LogP contribution in [-0.4, -0.2) is 44.5 Å². The van der Waals surface area contributed by atoms with Crippen molar-refractivity contribution in [3.63, 3.8) is 0 Å². The van der Waals surface area contributed by atoms with Gasteiger partial charge in [0.05, 0.1) is 6.54 Å². The molecule has 166 valence electrons. The molecule has 0 saturated heterocycles. The Balaban J connectivity index is 1.85. The molecule has 3 amide bonds. The number of hydrogen-bond acceptors (Lipinski definition) is 5. The van der Waals surface area contributed by atoms with Gasteiger partial charge in [0.2, 0.25) is 11.8 Å². The zero-order valence-electron chi connectivity index (χ0n) is 18.0. The lowest BCUT2D eigenvalue weighted by atomic mass is 10.2. The van der Waals surface area contributed by atoms with Crippen molar-refractivity contribution in [2.75, 3.05) is 42.8 Å². The van der Waals surface area contributed by atoms with Gasteiger partial charge in [0.15, 0.2) is 0 Å². The fourth-order valence-corrected chi connectivity index (χ4v) is 2.80. The number of rotatable bonds is 12. The van der Waals surface area contributed by atoms with E-state index < -0.39 is 0 Å². The largest absolute Gasteiger partial charge is 0.385 e. The highest BCUT2D eigenvalue weighted by molar-refractivity contribution is 5.98. The monoisotopic (exact) mass is 426 g/mol. The second-order valence-electron chi connectivity index (χ2n) is 6.96. The Hall–Kier alpha value is -3.39. The van der Waals surface area contributed by atoms with Crippen LogP contribution in [0.2, 0.25) is 0 Å². The van der Waals surface area contributed by atoms with Gasteiger partial charge in [0, 0.05) is 49.3 Å². The van der Waals surface area contributed by atoms with Gasteiger partial charge in [-0.15, -0.1) is 0 Å². The normalized spacial score (nSPS) is 10.3. The highest BCUT2D eigenvalue weighted by Crippen LogP contribution is 2.16. The van der Waals surface area contributed by atoms with Crippen molar-refractivity contribution in [1.29, 1.82) is 0 Å². The second kappa shape index (κ2) is 13.0. The highest BCUT2D eigenvalue weighted by Gasteiger charge is 2.08. The second-order valence-corrected chi connectivity index (χ2v) is 6.96. The Bertz CT molecular complexity index is 885. The molecule has 4 N–H and O–H groups in total. The lowest BCUT2D eigenvalue weighted by Crippen LogP contribution is -2.25. The van der Waals surface area contributed by atoms with Gasteiger partial charge < -0.3 is 26.0 Å². The van der Waals surface area contributed by atoms with E-state index >= 15 is 0 Å². The molecule has 0 aromatic heterocycles. The molecule has 2 aromatic rings. The molecule has 0 spiro atoms. The maximum Gasteiger partial charge on any atom is 0.251 e. The van der Waals surface area contributed by atoms with Crippen LogP contribution in [0.4, 0.5) is 17.1 Å². The zero-order valence-corrected chi connectivity index (χ0v) is 18.0. The predicted molar refractivity (Wildman–Crippen MR) is 122 cm³/mol. The molecule has 0 heterocycles. The van der Waals surface area contributed by atoms with Crippen LogP contribution in [0.5, 0.6) is 0 Å². The van der Waals surface area contributed by atoms with Crippen LogP contribution in [-0.2, 0) is 14.3 Å². The van der Waals surface area contributed by atoms with Crippen molar-refractivity contribution in [3.8, 4) is 0 Å². The molecule has 0 atom stereocenters. The number of hydrogen-bond donors (Lipinski definition) is 4. The van der Waals surface area contributed by atoms with E-state index in [0.717, 1.165) is 12.8 Å². The van der Waals surface area contributed by atoms with Crippen LogP contribution in [0.25, 0.3) is 0 Å². The van der Waals surface area contributed by atoms with Gasteiger partial charge in [-0.05, 0) is 49.2 Å². The molecule has 0 saturated carbocycles. The third-order valence-electron chi connectivity index (χ3n) is 4.30. The summed E-state index contributed by atoms with van der Waals surface area (Å²) in [6, 6.07) is 14.0. The standard InChI is InChI=1S/C23H30N4O4/c1-3-7-21(28)26-20-11-5-9-18(15-20)25-16-22(29)27-19-10-4-8-17(14-19)23(30)24-12-6-13-31-2/h4-5,8-11,14-15,25H,3,6-7,12-13,16H2,1-2H3,(H,24,30)(H,26,28)(H,27,29). The molecule has 0 aliphatic rings.